The van der Waals surface area contributed by atoms with Crippen LogP contribution in [0.15, 0.2) is 36.4 Å². The molecule has 2 heteroatoms. The van der Waals surface area contributed by atoms with E-state index >= 15 is 0 Å². The molecular weight excluding hydrogens is 184 g/mol. The first-order valence-electron chi connectivity index (χ1n) is 3.88. The van der Waals surface area contributed by atoms with E-state index in [1.54, 1.807) is 6.07 Å². The Morgan fingerprint density at radius 1 is 1.23 bits per heavy atom. The van der Waals surface area contributed by atoms with Crippen molar-refractivity contribution in [3.05, 3.63) is 48.0 Å². The van der Waals surface area contributed by atoms with Crippen LogP contribution in [0.25, 0.3) is 10.8 Å². The number of hydrogen-bond donors (Lipinski definition) is 0. The van der Waals surface area contributed by atoms with E-state index < -0.39 is 5.24 Å². The molecule has 0 aliphatic rings. The fourth-order valence-corrected chi connectivity index (χ4v) is 1.48. The third kappa shape index (κ3) is 1.43. The van der Waals surface area contributed by atoms with Gasteiger partial charge in [-0.1, -0.05) is 36.4 Å². The predicted molar refractivity (Wildman–Crippen MR) is 53.0 cm³/mol. The van der Waals surface area contributed by atoms with E-state index in [4.69, 9.17) is 11.6 Å². The van der Waals surface area contributed by atoms with Crippen LogP contribution in [0.1, 0.15) is 10.4 Å². The lowest BCUT2D eigenvalue weighted by atomic mass is 10.1. The number of carbonyl (C=O) groups is 1. The molecule has 0 aromatic heterocycles. The van der Waals surface area contributed by atoms with Gasteiger partial charge in [-0.05, 0) is 28.4 Å². The van der Waals surface area contributed by atoms with Gasteiger partial charge in [0, 0.05) is 5.56 Å². The molecule has 13 heavy (non-hydrogen) atoms. The van der Waals surface area contributed by atoms with Crippen LogP contribution in [0.2, 0.25) is 0 Å². The lowest BCUT2D eigenvalue weighted by molar-refractivity contribution is 0.108. The second-order valence-electron chi connectivity index (χ2n) is 2.71. The second kappa shape index (κ2) is 3.19. The predicted octanol–water partition coefficient (Wildman–Crippen LogP) is 3.02. The zero-order chi connectivity index (χ0) is 9.26. The van der Waals surface area contributed by atoms with Crippen molar-refractivity contribution in [3.8, 4) is 0 Å². The highest BCUT2D eigenvalue weighted by Crippen LogP contribution is 2.19. The summed E-state index contributed by atoms with van der Waals surface area (Å²) in [5.74, 6) is 0. The van der Waals surface area contributed by atoms with Crippen LogP contribution in [-0.2, 0) is 0 Å². The smallest absolute Gasteiger partial charge is 0.253 e. The summed E-state index contributed by atoms with van der Waals surface area (Å²) in [6, 6.07) is 14.0. The number of halogens is 1. The summed E-state index contributed by atoms with van der Waals surface area (Å²) < 4.78 is 0. The van der Waals surface area contributed by atoms with Gasteiger partial charge in [-0.15, -0.1) is 0 Å². The van der Waals surface area contributed by atoms with Gasteiger partial charge in [0.2, 0.25) is 0 Å². The molecule has 0 aliphatic carbocycles. The third-order valence-corrected chi connectivity index (χ3v) is 2.11. The van der Waals surface area contributed by atoms with Gasteiger partial charge in [0.15, 0.2) is 0 Å². The van der Waals surface area contributed by atoms with Gasteiger partial charge >= 0.3 is 0 Å². The Hall–Kier alpha value is -1.34. The first-order valence-corrected chi connectivity index (χ1v) is 4.26. The van der Waals surface area contributed by atoms with Gasteiger partial charge in [0.25, 0.3) is 5.24 Å². The zero-order valence-electron chi connectivity index (χ0n) is 6.75. The summed E-state index contributed by atoms with van der Waals surface area (Å²) in [7, 11) is 0. The van der Waals surface area contributed by atoms with Crippen LogP contribution < -0.4 is 0 Å². The van der Waals surface area contributed by atoms with E-state index in [-0.39, 0.29) is 0 Å². The van der Waals surface area contributed by atoms with Crippen LogP contribution in [0.4, 0.5) is 0 Å². The molecule has 1 radical (unpaired) electrons. The Morgan fingerprint density at radius 2 is 2.00 bits per heavy atom. The summed E-state index contributed by atoms with van der Waals surface area (Å²) in [6.07, 6.45) is 0. The third-order valence-electron chi connectivity index (χ3n) is 1.92. The average molecular weight is 190 g/mol. The van der Waals surface area contributed by atoms with Crippen LogP contribution >= 0.6 is 11.6 Å². The van der Waals surface area contributed by atoms with Gasteiger partial charge < -0.3 is 0 Å². The molecule has 0 fully saturated rings. The molecule has 0 N–H and O–H groups in total. The van der Waals surface area contributed by atoms with Crippen LogP contribution in [0, 0.1) is 6.07 Å². The van der Waals surface area contributed by atoms with E-state index in [2.05, 4.69) is 6.07 Å². The second-order valence-corrected chi connectivity index (χ2v) is 3.06. The molecule has 0 unspecified atom stereocenters. The first kappa shape index (κ1) is 8.27. The number of carbonyl (C=O) groups excluding carboxylic acids is 1. The van der Waals surface area contributed by atoms with E-state index in [9.17, 15) is 4.79 Å². The minimum Gasteiger partial charge on any atom is -0.276 e. The fraction of sp³-hybridized carbons (Fsp3) is 0. The molecule has 0 spiro atoms. The summed E-state index contributed by atoms with van der Waals surface area (Å²) in [5, 5.41) is 1.40. The Morgan fingerprint density at radius 3 is 2.77 bits per heavy atom. The minimum absolute atomic E-state index is 0.444. The van der Waals surface area contributed by atoms with Crippen molar-refractivity contribution in [3.63, 3.8) is 0 Å². The molecule has 0 saturated carbocycles. The van der Waals surface area contributed by atoms with Gasteiger partial charge in [-0.25, -0.2) is 0 Å². The molecule has 0 heterocycles. The summed E-state index contributed by atoms with van der Waals surface area (Å²) >= 11 is 5.41. The van der Waals surface area contributed by atoms with E-state index in [0.29, 0.717) is 5.56 Å². The molecular formula is C11H6ClO. The van der Waals surface area contributed by atoms with Crippen LogP contribution in [0.5, 0.6) is 0 Å². The number of fused-ring (bicyclic) bond motifs is 1. The molecule has 2 aromatic rings. The maximum atomic E-state index is 11.0. The van der Waals surface area contributed by atoms with Crippen molar-refractivity contribution >= 4 is 27.6 Å². The number of hydrogen-bond acceptors (Lipinski definition) is 1. The highest BCUT2D eigenvalue weighted by molar-refractivity contribution is 6.68. The van der Waals surface area contributed by atoms with E-state index in [1.807, 2.05) is 30.3 Å². The van der Waals surface area contributed by atoms with Gasteiger partial charge in [-0.2, -0.15) is 0 Å². The highest BCUT2D eigenvalue weighted by Gasteiger charge is 2.05. The molecule has 0 amide bonds. The van der Waals surface area contributed by atoms with Crippen molar-refractivity contribution in [1.82, 2.24) is 0 Å². The van der Waals surface area contributed by atoms with Crippen molar-refractivity contribution in [1.29, 1.82) is 0 Å². The Bertz CT molecular complexity index is 457. The van der Waals surface area contributed by atoms with E-state index in [0.717, 1.165) is 10.8 Å². The zero-order valence-corrected chi connectivity index (χ0v) is 7.51. The van der Waals surface area contributed by atoms with Gasteiger partial charge in [0.05, 0.1) is 0 Å². The average Bonchev–Trinajstić information content (AvgIpc) is 2.17. The maximum absolute atomic E-state index is 11.0. The fourth-order valence-electron chi connectivity index (χ4n) is 1.33. The van der Waals surface area contributed by atoms with Crippen molar-refractivity contribution in [2.24, 2.45) is 0 Å². The van der Waals surface area contributed by atoms with Crippen molar-refractivity contribution in [2.45, 2.75) is 0 Å². The van der Waals surface area contributed by atoms with Crippen molar-refractivity contribution in [2.75, 3.05) is 0 Å². The topological polar surface area (TPSA) is 17.1 Å². The molecule has 2 rings (SSSR count). The maximum Gasteiger partial charge on any atom is 0.253 e. The molecule has 0 saturated heterocycles. The number of benzene rings is 2. The molecule has 0 atom stereocenters. The highest BCUT2D eigenvalue weighted by atomic mass is 35.5. The SMILES string of the molecule is O=C(Cl)c1[c]ccc2ccccc12. The molecule has 2 aromatic carbocycles. The Labute approximate surface area is 80.9 Å². The molecule has 0 aliphatic heterocycles. The summed E-state index contributed by atoms with van der Waals surface area (Å²) in [6.45, 7) is 0. The monoisotopic (exact) mass is 189 g/mol. The molecule has 0 bridgehead atoms. The minimum atomic E-state index is -0.461. The van der Waals surface area contributed by atoms with Crippen LogP contribution in [0.3, 0.4) is 0 Å². The largest absolute Gasteiger partial charge is 0.276 e. The Balaban J connectivity index is 2.83. The number of rotatable bonds is 1. The van der Waals surface area contributed by atoms with Gasteiger partial charge in [-0.3, -0.25) is 4.79 Å². The Kier molecular flexibility index (Phi) is 2.03. The van der Waals surface area contributed by atoms with Crippen LogP contribution in [-0.4, -0.2) is 5.24 Å². The lowest BCUT2D eigenvalue weighted by Gasteiger charge is -1.99. The normalized spacial score (nSPS) is 10.2. The summed E-state index contributed by atoms with van der Waals surface area (Å²) in [4.78, 5) is 11.0. The molecule has 1 nitrogen and oxygen atoms in total. The quantitative estimate of drug-likeness (QED) is 0.631. The summed E-state index contributed by atoms with van der Waals surface area (Å²) in [5.41, 5.74) is 0.444. The van der Waals surface area contributed by atoms with Gasteiger partial charge in [0.1, 0.15) is 0 Å². The first-order chi connectivity index (χ1) is 6.29. The van der Waals surface area contributed by atoms with Crippen molar-refractivity contribution < 1.29 is 4.79 Å². The van der Waals surface area contributed by atoms with E-state index in [1.165, 1.54) is 0 Å². The lowest BCUT2D eigenvalue weighted by Crippen LogP contribution is -1.90. The standard InChI is InChI=1S/C11H6ClO/c12-11(13)10-7-3-5-8-4-1-2-6-9(8)10/h1-6H. The molecule has 63 valence electrons.